The summed E-state index contributed by atoms with van der Waals surface area (Å²) in [6, 6.07) is 0.882. The molecule has 10 nitrogen and oxygen atoms in total. The average Bonchev–Trinajstić information content (AvgIpc) is 3.56. The van der Waals surface area contributed by atoms with Crippen LogP contribution in [0, 0.1) is 23.2 Å². The third kappa shape index (κ3) is 7.10. The zero-order valence-electron chi connectivity index (χ0n) is 21.8. The number of halogens is 5. The number of hydrogen-bond acceptors (Lipinski definition) is 6. The Hall–Kier alpha value is -3.65. The predicted molar refractivity (Wildman–Crippen MR) is 135 cm³/mol. The summed E-state index contributed by atoms with van der Waals surface area (Å²) in [5.74, 6) is -6.65. The van der Waals surface area contributed by atoms with Crippen LogP contribution < -0.4 is 10.6 Å². The molecule has 1 saturated carbocycles. The van der Waals surface area contributed by atoms with Gasteiger partial charge in [0.1, 0.15) is 5.69 Å². The largest absolute Gasteiger partial charge is 0.393 e. The van der Waals surface area contributed by atoms with Gasteiger partial charge in [-0.2, -0.15) is 18.3 Å². The van der Waals surface area contributed by atoms with Gasteiger partial charge in [-0.25, -0.2) is 18.8 Å². The number of carbonyl (C=O) groups is 2. The summed E-state index contributed by atoms with van der Waals surface area (Å²) in [4.78, 5) is 36.2. The van der Waals surface area contributed by atoms with Gasteiger partial charge in [0.2, 0.25) is 17.8 Å². The number of alkyl halides is 5. The molecule has 15 heteroatoms. The van der Waals surface area contributed by atoms with Crippen LogP contribution in [0.2, 0.25) is 0 Å². The van der Waals surface area contributed by atoms with Gasteiger partial charge < -0.3 is 21.0 Å². The fraction of sp³-hybridized carbons (Fsp3) is 0.600. The highest BCUT2D eigenvalue weighted by molar-refractivity contribution is 6.30. The van der Waals surface area contributed by atoms with E-state index in [-0.39, 0.29) is 49.7 Å². The van der Waals surface area contributed by atoms with Crippen molar-refractivity contribution in [2.45, 2.75) is 70.1 Å². The average molecular weight is 571 g/mol. The first kappa shape index (κ1) is 29.3. The van der Waals surface area contributed by atoms with Crippen molar-refractivity contribution in [1.29, 1.82) is 5.41 Å². The number of amides is 2. The predicted octanol–water partition coefficient (Wildman–Crippen LogP) is 4.35. The molecule has 1 saturated heterocycles. The molecule has 0 radical (unpaired) electrons. The Kier molecular flexibility index (Phi) is 8.68. The lowest BCUT2D eigenvalue weighted by atomic mass is 9.81. The van der Waals surface area contributed by atoms with E-state index in [4.69, 9.17) is 5.41 Å². The Labute approximate surface area is 226 Å². The van der Waals surface area contributed by atoms with Crippen LogP contribution in [0.15, 0.2) is 23.5 Å². The minimum absolute atomic E-state index is 0.0556. The van der Waals surface area contributed by atoms with Crippen molar-refractivity contribution < 1.29 is 31.5 Å². The zero-order chi connectivity index (χ0) is 29.1. The van der Waals surface area contributed by atoms with E-state index in [0.717, 1.165) is 6.21 Å². The van der Waals surface area contributed by atoms with Crippen LogP contribution in [-0.4, -0.2) is 62.1 Å². The maximum atomic E-state index is 13.8. The van der Waals surface area contributed by atoms with Crippen LogP contribution in [0.4, 0.5) is 27.9 Å². The van der Waals surface area contributed by atoms with Gasteiger partial charge in [-0.3, -0.25) is 14.3 Å². The molecule has 1 aliphatic carbocycles. The van der Waals surface area contributed by atoms with Crippen LogP contribution >= 0.6 is 0 Å². The molecule has 218 valence electrons. The number of piperidine rings is 1. The quantitative estimate of drug-likeness (QED) is 0.263. The number of aliphatic imine (C=N–C) groups is 1. The summed E-state index contributed by atoms with van der Waals surface area (Å²) in [5.41, 5.74) is 0.594. The van der Waals surface area contributed by atoms with E-state index in [1.54, 1.807) is 6.07 Å². The lowest BCUT2D eigenvalue weighted by molar-refractivity contribution is -0.183. The molecule has 0 bridgehead atoms. The molecule has 40 heavy (non-hydrogen) atoms. The molecular formula is C25H31F5N8O2. The molecular weight excluding hydrogens is 539 g/mol. The fourth-order valence-electron chi connectivity index (χ4n) is 5.17. The molecule has 2 aromatic heterocycles. The topological polar surface area (TPSA) is 141 Å². The molecule has 1 aliphatic heterocycles. The molecule has 0 aromatic carbocycles. The normalized spacial score (nSPS) is 22.7. The highest BCUT2D eigenvalue weighted by atomic mass is 19.4. The zero-order valence-corrected chi connectivity index (χ0v) is 21.8. The maximum absolute atomic E-state index is 13.8. The number of aromatic amines is 1. The monoisotopic (exact) mass is 570 g/mol. The van der Waals surface area contributed by atoms with Crippen molar-refractivity contribution in [2.75, 3.05) is 6.54 Å². The van der Waals surface area contributed by atoms with E-state index in [1.165, 1.54) is 17.1 Å². The number of H-pyrrole nitrogens is 1. The molecule has 4 rings (SSSR count). The Balaban J connectivity index is 1.45. The van der Waals surface area contributed by atoms with E-state index in [1.807, 2.05) is 6.92 Å². The first-order valence-electron chi connectivity index (χ1n) is 13.1. The summed E-state index contributed by atoms with van der Waals surface area (Å²) in [5, 5.41) is 17.4. The lowest BCUT2D eigenvalue weighted by Gasteiger charge is -2.33. The van der Waals surface area contributed by atoms with Crippen LogP contribution in [0.5, 0.6) is 0 Å². The number of rotatable bonds is 9. The van der Waals surface area contributed by atoms with Crippen molar-refractivity contribution in [2.24, 2.45) is 22.7 Å². The summed E-state index contributed by atoms with van der Waals surface area (Å²) in [6.07, 6.45) is -1.32. The van der Waals surface area contributed by atoms with Gasteiger partial charge >= 0.3 is 6.18 Å². The highest BCUT2D eigenvalue weighted by Crippen LogP contribution is 2.41. The molecule has 2 aromatic rings. The molecule has 2 fully saturated rings. The summed E-state index contributed by atoms with van der Waals surface area (Å²) >= 11 is 0. The molecule has 0 unspecified atom stereocenters. The van der Waals surface area contributed by atoms with Crippen molar-refractivity contribution in [3.63, 3.8) is 0 Å². The second kappa shape index (κ2) is 11.8. The maximum Gasteiger partial charge on any atom is 0.393 e. The summed E-state index contributed by atoms with van der Waals surface area (Å²) in [6.45, 7) is 1.81. The van der Waals surface area contributed by atoms with Gasteiger partial charge in [-0.1, -0.05) is 0 Å². The van der Waals surface area contributed by atoms with Gasteiger partial charge in [0.05, 0.1) is 35.8 Å². The van der Waals surface area contributed by atoms with E-state index < -0.39 is 54.8 Å². The van der Waals surface area contributed by atoms with Crippen molar-refractivity contribution in [3.8, 4) is 0 Å². The minimum atomic E-state index is -4.44. The van der Waals surface area contributed by atoms with Crippen LogP contribution in [-0.2, 0) is 11.3 Å². The Morgan fingerprint density at radius 3 is 2.75 bits per heavy atom. The number of nitrogens with one attached hydrogen (secondary N) is 4. The molecule has 3 heterocycles. The van der Waals surface area contributed by atoms with Crippen molar-refractivity contribution >= 4 is 29.7 Å². The Bertz CT molecular complexity index is 1240. The summed E-state index contributed by atoms with van der Waals surface area (Å²) < 4.78 is 68.4. The lowest BCUT2D eigenvalue weighted by Crippen LogP contribution is -2.47. The number of imidazole rings is 1. The molecule has 3 atom stereocenters. The van der Waals surface area contributed by atoms with E-state index in [9.17, 15) is 31.5 Å². The number of carbonyl (C=O) groups excluding carboxylic acids is 2. The van der Waals surface area contributed by atoms with Crippen LogP contribution in [0.25, 0.3) is 0 Å². The van der Waals surface area contributed by atoms with Crippen molar-refractivity contribution in [1.82, 2.24) is 30.4 Å². The van der Waals surface area contributed by atoms with Gasteiger partial charge in [-0.05, 0) is 38.2 Å². The van der Waals surface area contributed by atoms with Gasteiger partial charge in [0.25, 0.3) is 5.91 Å². The van der Waals surface area contributed by atoms with Crippen molar-refractivity contribution in [3.05, 3.63) is 29.8 Å². The first-order valence-corrected chi connectivity index (χ1v) is 13.1. The Morgan fingerprint density at radius 1 is 1.35 bits per heavy atom. The standard InChI is InChI=1S/C25H31F5N8O2/c1-2-38-19(5-8-35-38)22(40)37-20(14-3-6-24(26,27)7-4-14)18-13-34-23(36-18)33-12-17(31)10-15-9-16(25(28,29)30)11-32-21(15)39/h5,8,12-16,20,31H,2-4,6-7,9-11H2,1H3,(H,32,39)(H,34,36)(H,37,40)/b31-17?,33-12-/t15-,16-,20+/m1/s1. The van der Waals surface area contributed by atoms with Gasteiger partial charge in [0.15, 0.2) is 0 Å². The van der Waals surface area contributed by atoms with E-state index in [0.29, 0.717) is 17.9 Å². The highest BCUT2D eigenvalue weighted by Gasteiger charge is 2.45. The third-order valence-corrected chi connectivity index (χ3v) is 7.42. The smallest absolute Gasteiger partial charge is 0.355 e. The second-order valence-electron chi connectivity index (χ2n) is 10.2. The molecule has 4 N–H and O–H groups in total. The van der Waals surface area contributed by atoms with Gasteiger partial charge in [0, 0.05) is 44.5 Å². The van der Waals surface area contributed by atoms with Crippen LogP contribution in [0.3, 0.4) is 0 Å². The third-order valence-electron chi connectivity index (χ3n) is 7.42. The Morgan fingerprint density at radius 2 is 2.08 bits per heavy atom. The number of nitrogens with zero attached hydrogens (tertiary/aromatic N) is 4. The minimum Gasteiger partial charge on any atom is -0.355 e. The van der Waals surface area contributed by atoms with Crippen LogP contribution in [0.1, 0.15) is 67.7 Å². The van der Waals surface area contributed by atoms with E-state index >= 15 is 0 Å². The number of hydrogen-bond donors (Lipinski definition) is 4. The first-order chi connectivity index (χ1) is 18.9. The number of aromatic nitrogens is 4. The van der Waals surface area contributed by atoms with Gasteiger partial charge in [-0.15, -0.1) is 0 Å². The SMILES string of the molecule is CCn1nccc1C(=O)N[C@H](c1cnc(/N=C\C(=N)C[C@H]2C[C@@H](C(F)(F)F)CNC2=O)[nH]1)C1CCC(F)(F)CC1. The fourth-order valence-corrected chi connectivity index (χ4v) is 5.17. The molecule has 2 amide bonds. The summed E-state index contributed by atoms with van der Waals surface area (Å²) in [7, 11) is 0. The second-order valence-corrected chi connectivity index (χ2v) is 10.2. The van der Waals surface area contributed by atoms with E-state index in [2.05, 4.69) is 30.7 Å². The number of aryl methyl sites for hydroxylation is 1. The molecule has 2 aliphatic rings. The molecule has 0 spiro atoms.